The molecule has 0 saturated heterocycles. The number of unbranched alkanes of at least 4 members (excludes halogenated alkanes) is 2. The average Bonchev–Trinajstić information content (AvgIpc) is 2.98. The zero-order valence-electron chi connectivity index (χ0n) is 17.9. The topological polar surface area (TPSA) is 60.2 Å². The summed E-state index contributed by atoms with van der Waals surface area (Å²) in [6, 6.07) is 0. The molecule has 0 spiro atoms. The number of ketones is 2. The van der Waals surface area contributed by atoms with E-state index in [9.17, 15) is 9.59 Å². The molecule has 0 heterocycles. The number of allylic oxidation sites excluding steroid dienone is 2. The van der Waals surface area contributed by atoms with E-state index in [-0.39, 0.29) is 16.7 Å². The molecular weight excluding hydrogens is 346 g/mol. The van der Waals surface area contributed by atoms with Crippen molar-refractivity contribution in [3.8, 4) is 0 Å². The van der Waals surface area contributed by atoms with Crippen LogP contribution in [0.25, 0.3) is 0 Å². The van der Waals surface area contributed by atoms with Gasteiger partial charge < -0.3 is 5.73 Å². The Morgan fingerprint density at radius 3 is 2.68 bits per heavy atom. The second-order valence-electron chi connectivity index (χ2n) is 10.8. The molecule has 1 unspecified atom stereocenters. The molecule has 0 aromatic rings. The summed E-state index contributed by atoms with van der Waals surface area (Å²) in [4.78, 5) is 25.9. The first-order valence-electron chi connectivity index (χ1n) is 11.8. The van der Waals surface area contributed by atoms with Crippen LogP contribution in [0, 0.1) is 40.4 Å². The van der Waals surface area contributed by atoms with E-state index in [1.54, 1.807) is 0 Å². The Hall–Kier alpha value is -0.960. The van der Waals surface area contributed by atoms with Crippen molar-refractivity contribution in [2.45, 2.75) is 84.5 Å². The van der Waals surface area contributed by atoms with Crippen LogP contribution in [-0.2, 0) is 9.59 Å². The lowest BCUT2D eigenvalue weighted by Gasteiger charge is -2.59. The summed E-state index contributed by atoms with van der Waals surface area (Å²) in [6.45, 7) is 5.40. The van der Waals surface area contributed by atoms with E-state index in [0.717, 1.165) is 57.9 Å². The SMILES string of the molecule is C[C@]12CC[C@@H](/C=C/CCCCN)CC1C(=O)C[C@@H]1[C@@H]2CC[C@]2(C)C(=O)CC[C@@H]12. The maximum absolute atomic E-state index is 13.3. The lowest BCUT2D eigenvalue weighted by atomic mass is 9.44. The fourth-order valence-corrected chi connectivity index (χ4v) is 7.71. The van der Waals surface area contributed by atoms with E-state index < -0.39 is 0 Å². The molecule has 4 fully saturated rings. The van der Waals surface area contributed by atoms with Crippen LogP contribution in [0.5, 0.6) is 0 Å². The van der Waals surface area contributed by atoms with Crippen LogP contribution in [0.1, 0.15) is 84.5 Å². The van der Waals surface area contributed by atoms with Gasteiger partial charge in [-0.25, -0.2) is 0 Å². The number of Topliss-reactive ketones (excluding diaryl/α,β-unsaturated/α-hetero) is 2. The average molecular weight is 386 g/mol. The number of carbonyl (C=O) groups excluding carboxylic acids is 2. The van der Waals surface area contributed by atoms with Crippen molar-refractivity contribution in [2.24, 2.45) is 46.2 Å². The smallest absolute Gasteiger partial charge is 0.139 e. The quantitative estimate of drug-likeness (QED) is 0.530. The number of hydrogen-bond donors (Lipinski definition) is 1. The molecule has 0 aromatic heterocycles. The first-order valence-corrected chi connectivity index (χ1v) is 11.8. The summed E-state index contributed by atoms with van der Waals surface area (Å²) < 4.78 is 0. The van der Waals surface area contributed by atoms with E-state index >= 15 is 0 Å². The summed E-state index contributed by atoms with van der Waals surface area (Å²) in [5, 5.41) is 0. The maximum Gasteiger partial charge on any atom is 0.139 e. The predicted octanol–water partition coefficient (Wildman–Crippen LogP) is 5.08. The van der Waals surface area contributed by atoms with E-state index in [1.807, 2.05) is 0 Å². The molecule has 4 aliphatic rings. The first kappa shape index (κ1) is 20.3. The van der Waals surface area contributed by atoms with E-state index in [4.69, 9.17) is 5.73 Å². The molecule has 3 heteroatoms. The monoisotopic (exact) mass is 385 g/mol. The van der Waals surface area contributed by atoms with Crippen LogP contribution in [0.2, 0.25) is 0 Å². The third kappa shape index (κ3) is 3.22. The van der Waals surface area contributed by atoms with Gasteiger partial charge >= 0.3 is 0 Å². The molecular formula is C25H39NO2. The number of hydrogen-bond acceptors (Lipinski definition) is 3. The molecule has 0 aliphatic heterocycles. The molecule has 0 bridgehead atoms. The van der Waals surface area contributed by atoms with Gasteiger partial charge in [-0.05, 0) is 93.4 Å². The Bertz CT molecular complexity index is 655. The molecule has 7 atom stereocenters. The zero-order chi connectivity index (χ0) is 19.9. The fraction of sp³-hybridized carbons (Fsp3) is 0.840. The van der Waals surface area contributed by atoms with Gasteiger partial charge in [-0.2, -0.15) is 0 Å². The summed E-state index contributed by atoms with van der Waals surface area (Å²) in [5.74, 6) is 3.35. The number of carbonyl (C=O) groups is 2. The van der Waals surface area contributed by atoms with Crippen molar-refractivity contribution < 1.29 is 9.59 Å². The molecule has 0 radical (unpaired) electrons. The third-order valence-electron chi connectivity index (χ3n) is 9.44. The molecule has 2 N–H and O–H groups in total. The largest absolute Gasteiger partial charge is 0.330 e. The minimum absolute atomic E-state index is 0.131. The molecule has 0 aromatic carbocycles. The van der Waals surface area contributed by atoms with Crippen LogP contribution < -0.4 is 5.73 Å². The van der Waals surface area contributed by atoms with Gasteiger partial charge in [0.05, 0.1) is 0 Å². The fourth-order valence-electron chi connectivity index (χ4n) is 7.71. The summed E-state index contributed by atoms with van der Waals surface area (Å²) in [7, 11) is 0. The molecule has 156 valence electrons. The van der Waals surface area contributed by atoms with Gasteiger partial charge in [-0.3, -0.25) is 9.59 Å². The lowest BCUT2D eigenvalue weighted by molar-refractivity contribution is -0.157. The van der Waals surface area contributed by atoms with Gasteiger partial charge in [0.15, 0.2) is 0 Å². The maximum atomic E-state index is 13.3. The van der Waals surface area contributed by atoms with Crippen molar-refractivity contribution in [3.05, 3.63) is 12.2 Å². The van der Waals surface area contributed by atoms with Crippen molar-refractivity contribution in [1.29, 1.82) is 0 Å². The lowest BCUT2D eigenvalue weighted by Crippen LogP contribution is -2.56. The summed E-state index contributed by atoms with van der Waals surface area (Å²) >= 11 is 0. The highest BCUT2D eigenvalue weighted by Gasteiger charge is 2.62. The number of rotatable bonds is 5. The van der Waals surface area contributed by atoms with Crippen molar-refractivity contribution in [1.82, 2.24) is 0 Å². The van der Waals surface area contributed by atoms with E-state index in [1.165, 1.54) is 19.3 Å². The minimum atomic E-state index is -0.131. The second-order valence-corrected chi connectivity index (χ2v) is 10.8. The third-order valence-corrected chi connectivity index (χ3v) is 9.44. The van der Waals surface area contributed by atoms with Crippen LogP contribution in [0.4, 0.5) is 0 Å². The molecule has 28 heavy (non-hydrogen) atoms. The van der Waals surface area contributed by atoms with Crippen LogP contribution in [-0.4, -0.2) is 18.1 Å². The van der Waals surface area contributed by atoms with Crippen molar-refractivity contribution in [3.63, 3.8) is 0 Å². The Morgan fingerprint density at radius 2 is 1.89 bits per heavy atom. The highest BCUT2D eigenvalue weighted by molar-refractivity contribution is 5.88. The number of nitrogens with two attached hydrogens (primary N) is 1. The van der Waals surface area contributed by atoms with Crippen LogP contribution in [0.3, 0.4) is 0 Å². The minimum Gasteiger partial charge on any atom is -0.330 e. The van der Waals surface area contributed by atoms with E-state index in [2.05, 4.69) is 26.0 Å². The van der Waals surface area contributed by atoms with Crippen molar-refractivity contribution in [2.75, 3.05) is 6.54 Å². The Kier molecular flexibility index (Phi) is 5.59. The van der Waals surface area contributed by atoms with Gasteiger partial charge in [0.2, 0.25) is 0 Å². The second kappa shape index (κ2) is 7.70. The summed E-state index contributed by atoms with van der Waals surface area (Å²) in [6.07, 6.45) is 16.3. The molecule has 3 nitrogen and oxygen atoms in total. The predicted molar refractivity (Wildman–Crippen MR) is 113 cm³/mol. The van der Waals surface area contributed by atoms with Crippen LogP contribution >= 0.6 is 0 Å². The van der Waals surface area contributed by atoms with E-state index in [0.29, 0.717) is 35.2 Å². The summed E-state index contributed by atoms with van der Waals surface area (Å²) in [5.41, 5.74) is 5.61. The molecule has 0 amide bonds. The highest BCUT2D eigenvalue weighted by Crippen LogP contribution is 2.65. The highest BCUT2D eigenvalue weighted by atomic mass is 16.1. The molecule has 4 rings (SSSR count). The Labute approximate surface area is 170 Å². The van der Waals surface area contributed by atoms with Gasteiger partial charge in [-0.1, -0.05) is 26.0 Å². The van der Waals surface area contributed by atoms with Gasteiger partial charge in [0, 0.05) is 24.2 Å². The Morgan fingerprint density at radius 1 is 1.07 bits per heavy atom. The first-order chi connectivity index (χ1) is 13.4. The zero-order valence-corrected chi connectivity index (χ0v) is 17.9. The molecule has 4 saturated carbocycles. The van der Waals surface area contributed by atoms with Crippen LogP contribution in [0.15, 0.2) is 12.2 Å². The van der Waals surface area contributed by atoms with Crippen molar-refractivity contribution >= 4 is 11.6 Å². The Balaban J connectivity index is 1.47. The molecule has 4 aliphatic carbocycles. The van der Waals surface area contributed by atoms with Gasteiger partial charge in [-0.15, -0.1) is 0 Å². The van der Waals surface area contributed by atoms with Gasteiger partial charge in [0.1, 0.15) is 11.6 Å². The van der Waals surface area contributed by atoms with Gasteiger partial charge in [0.25, 0.3) is 0 Å². The number of fused-ring (bicyclic) bond motifs is 5. The standard InChI is InChI=1S/C25H39NO2/c1-24-12-10-17(7-5-3-4-6-14-26)15-21(24)22(27)16-18-19-8-9-23(28)25(19,2)13-11-20(18)24/h5,7,17-21H,3-4,6,8-16,26H2,1-2H3/b7-5+/t17-,18+,19+,20+,21?,24-,25+/m1/s1. The normalized spacial score (nSPS) is 45.8.